The number of rotatable bonds is 3. The molecule has 0 bridgehead atoms. The average Bonchev–Trinajstić information content (AvgIpc) is 2.48. The predicted molar refractivity (Wildman–Crippen MR) is 84.5 cm³/mol. The number of carbonyl (C=O) groups is 1. The number of nitro benzene ring substituents is 1. The summed E-state index contributed by atoms with van der Waals surface area (Å²) < 4.78 is 0. The topological polar surface area (TPSA) is 72.2 Å². The van der Waals surface area contributed by atoms with Gasteiger partial charge in [-0.05, 0) is 18.2 Å². The monoisotopic (exact) mass is 326 g/mol. The van der Waals surface area contributed by atoms with E-state index in [0.29, 0.717) is 21.3 Å². The van der Waals surface area contributed by atoms with Crippen LogP contribution in [-0.4, -0.2) is 18.3 Å². The van der Waals surface area contributed by atoms with Gasteiger partial charge in [0.2, 0.25) is 0 Å². The molecule has 0 aliphatic rings. The Hall–Kier alpha value is -2.11. The molecule has 0 aliphatic carbocycles. The second kappa shape index (κ2) is 8.24. The molecule has 0 saturated carbocycles. The van der Waals surface area contributed by atoms with Gasteiger partial charge in [0.1, 0.15) is 6.29 Å². The molecule has 0 spiro atoms. The van der Waals surface area contributed by atoms with Gasteiger partial charge in [0, 0.05) is 29.8 Å². The van der Waals surface area contributed by atoms with E-state index in [1.165, 1.54) is 18.2 Å². The zero-order valence-corrected chi connectivity index (χ0v) is 12.6. The molecule has 1 N–H and O–H groups in total. The van der Waals surface area contributed by atoms with Gasteiger partial charge in [-0.1, -0.05) is 35.3 Å². The first-order valence-corrected chi connectivity index (χ1v) is 6.56. The van der Waals surface area contributed by atoms with E-state index in [0.717, 1.165) is 6.29 Å². The zero-order valence-electron chi connectivity index (χ0n) is 11.0. The molecule has 0 atom stereocenters. The summed E-state index contributed by atoms with van der Waals surface area (Å²) in [5.74, 6) is 0. The summed E-state index contributed by atoms with van der Waals surface area (Å²) in [6.45, 7) is 0. The lowest BCUT2D eigenvalue weighted by atomic mass is 10.2. The largest absolute Gasteiger partial charge is 0.387 e. The molecule has 0 saturated heterocycles. The van der Waals surface area contributed by atoms with Crippen LogP contribution in [0, 0.1) is 10.1 Å². The van der Waals surface area contributed by atoms with Crippen LogP contribution in [0.5, 0.6) is 0 Å². The SMILES string of the molecule is CNc1cc([N+](=O)[O-])ccc1Cl.O=Cc1cccc(Cl)c1. The minimum Gasteiger partial charge on any atom is -0.387 e. The van der Waals surface area contributed by atoms with E-state index in [1.807, 2.05) is 0 Å². The number of hydrogen-bond donors (Lipinski definition) is 1. The number of anilines is 1. The van der Waals surface area contributed by atoms with E-state index >= 15 is 0 Å². The molecule has 21 heavy (non-hydrogen) atoms. The van der Waals surface area contributed by atoms with Crippen LogP contribution in [0.2, 0.25) is 10.0 Å². The highest BCUT2D eigenvalue weighted by Gasteiger charge is 2.07. The second-order valence-corrected chi connectivity index (χ2v) is 4.69. The maximum atomic E-state index is 10.3. The Morgan fingerprint density at radius 1 is 1.19 bits per heavy atom. The van der Waals surface area contributed by atoms with Gasteiger partial charge >= 0.3 is 0 Å². The Labute approximate surface area is 131 Å². The van der Waals surface area contributed by atoms with Gasteiger partial charge in [0.05, 0.1) is 15.6 Å². The van der Waals surface area contributed by atoms with Crippen LogP contribution in [0.15, 0.2) is 42.5 Å². The quantitative estimate of drug-likeness (QED) is 0.514. The minimum absolute atomic E-state index is 0.0313. The second-order valence-electron chi connectivity index (χ2n) is 3.84. The van der Waals surface area contributed by atoms with Crippen molar-refractivity contribution in [2.24, 2.45) is 0 Å². The van der Waals surface area contributed by atoms with Crippen molar-refractivity contribution in [2.75, 3.05) is 12.4 Å². The Morgan fingerprint density at radius 3 is 2.38 bits per heavy atom. The van der Waals surface area contributed by atoms with Crippen LogP contribution in [-0.2, 0) is 0 Å². The molecule has 0 aromatic heterocycles. The summed E-state index contributed by atoms with van der Waals surface area (Å²) in [5.41, 5.74) is 1.21. The number of aldehydes is 1. The summed E-state index contributed by atoms with van der Waals surface area (Å²) >= 11 is 11.3. The Kier molecular flexibility index (Phi) is 6.65. The highest BCUT2D eigenvalue weighted by atomic mass is 35.5. The summed E-state index contributed by atoms with van der Waals surface area (Å²) in [6.07, 6.45) is 0.770. The van der Waals surface area contributed by atoms with E-state index in [9.17, 15) is 14.9 Å². The van der Waals surface area contributed by atoms with E-state index in [1.54, 1.807) is 31.3 Å². The van der Waals surface area contributed by atoms with Crippen molar-refractivity contribution in [3.05, 3.63) is 68.2 Å². The van der Waals surface area contributed by atoms with Crippen LogP contribution >= 0.6 is 23.2 Å². The lowest BCUT2D eigenvalue weighted by molar-refractivity contribution is -0.384. The van der Waals surface area contributed by atoms with Crippen LogP contribution in [0.25, 0.3) is 0 Å². The minimum atomic E-state index is -0.461. The van der Waals surface area contributed by atoms with Gasteiger partial charge in [-0.3, -0.25) is 14.9 Å². The van der Waals surface area contributed by atoms with E-state index < -0.39 is 4.92 Å². The molecule has 0 amide bonds. The van der Waals surface area contributed by atoms with Crippen molar-refractivity contribution >= 4 is 40.9 Å². The summed E-state index contributed by atoms with van der Waals surface area (Å²) in [6, 6.07) is 11.0. The van der Waals surface area contributed by atoms with E-state index in [4.69, 9.17) is 23.2 Å². The van der Waals surface area contributed by atoms with Crippen LogP contribution in [0.1, 0.15) is 10.4 Å². The number of benzene rings is 2. The standard InChI is InChI=1S/C7H7ClN2O2.C7H5ClO/c1-9-7-4-5(10(11)12)2-3-6(7)8;8-7-3-1-2-6(4-7)5-9/h2-4,9H,1H3;1-5H. The first-order valence-electron chi connectivity index (χ1n) is 5.80. The molecule has 7 heteroatoms. The van der Waals surface area contributed by atoms with Gasteiger partial charge in [-0.15, -0.1) is 0 Å². The van der Waals surface area contributed by atoms with Crippen molar-refractivity contribution in [1.82, 2.24) is 0 Å². The van der Waals surface area contributed by atoms with Gasteiger partial charge in [0.15, 0.2) is 0 Å². The highest BCUT2D eigenvalue weighted by Crippen LogP contribution is 2.25. The maximum Gasteiger partial charge on any atom is 0.271 e. The van der Waals surface area contributed by atoms with Gasteiger partial charge in [0.25, 0.3) is 5.69 Å². The molecule has 2 aromatic rings. The third-order valence-corrected chi connectivity index (χ3v) is 2.98. The zero-order chi connectivity index (χ0) is 15.8. The van der Waals surface area contributed by atoms with Crippen molar-refractivity contribution in [2.45, 2.75) is 0 Å². The molecular weight excluding hydrogens is 315 g/mol. The Balaban J connectivity index is 0.000000219. The number of hydrogen-bond acceptors (Lipinski definition) is 4. The van der Waals surface area contributed by atoms with Crippen molar-refractivity contribution in [3.63, 3.8) is 0 Å². The molecule has 0 aliphatic heterocycles. The molecule has 0 heterocycles. The fraction of sp³-hybridized carbons (Fsp3) is 0.0714. The van der Waals surface area contributed by atoms with Crippen LogP contribution in [0.4, 0.5) is 11.4 Å². The number of nitrogens with zero attached hydrogens (tertiary/aromatic N) is 1. The molecule has 5 nitrogen and oxygen atoms in total. The number of carbonyl (C=O) groups excluding carboxylic acids is 1. The van der Waals surface area contributed by atoms with Crippen LogP contribution in [0.3, 0.4) is 0 Å². The third-order valence-electron chi connectivity index (χ3n) is 2.41. The van der Waals surface area contributed by atoms with Crippen LogP contribution < -0.4 is 5.32 Å². The lowest BCUT2D eigenvalue weighted by Crippen LogP contribution is -1.92. The summed E-state index contributed by atoms with van der Waals surface area (Å²) in [5, 5.41) is 14.1. The fourth-order valence-electron chi connectivity index (χ4n) is 1.40. The Morgan fingerprint density at radius 2 is 1.90 bits per heavy atom. The summed E-state index contributed by atoms with van der Waals surface area (Å²) in [7, 11) is 1.66. The fourth-order valence-corrected chi connectivity index (χ4v) is 1.81. The molecule has 0 radical (unpaired) electrons. The highest BCUT2D eigenvalue weighted by molar-refractivity contribution is 6.33. The van der Waals surface area contributed by atoms with E-state index in [-0.39, 0.29) is 5.69 Å². The van der Waals surface area contributed by atoms with Gasteiger partial charge in [-0.2, -0.15) is 0 Å². The smallest absolute Gasteiger partial charge is 0.271 e. The molecule has 110 valence electrons. The van der Waals surface area contributed by atoms with Gasteiger partial charge in [-0.25, -0.2) is 0 Å². The first kappa shape index (κ1) is 16.9. The Bertz CT molecular complexity index is 648. The number of non-ortho nitro benzene ring substituents is 1. The molecule has 0 fully saturated rings. The molecule has 0 unspecified atom stereocenters. The predicted octanol–water partition coefficient (Wildman–Crippen LogP) is 4.44. The van der Waals surface area contributed by atoms with E-state index in [2.05, 4.69) is 5.32 Å². The number of nitrogens with one attached hydrogen (secondary N) is 1. The van der Waals surface area contributed by atoms with Crippen molar-refractivity contribution < 1.29 is 9.72 Å². The maximum absolute atomic E-state index is 10.3. The molecular formula is C14H12Cl2N2O3. The third kappa shape index (κ3) is 5.41. The number of nitro groups is 1. The van der Waals surface area contributed by atoms with Gasteiger partial charge < -0.3 is 5.32 Å². The van der Waals surface area contributed by atoms with Crippen molar-refractivity contribution in [3.8, 4) is 0 Å². The molecule has 2 rings (SSSR count). The normalized spacial score (nSPS) is 9.29. The number of halogens is 2. The molecule has 2 aromatic carbocycles. The first-order chi connectivity index (χ1) is 9.97. The lowest BCUT2D eigenvalue weighted by Gasteiger charge is -2.01. The average molecular weight is 327 g/mol. The summed E-state index contributed by atoms with van der Waals surface area (Å²) in [4.78, 5) is 20.0. The van der Waals surface area contributed by atoms with Crippen molar-refractivity contribution in [1.29, 1.82) is 0 Å².